The molecule has 2 rings (SSSR count). The molecule has 0 aliphatic rings. The molecule has 0 aliphatic carbocycles. The fourth-order valence-corrected chi connectivity index (χ4v) is 2.06. The number of hydrogen-bond donors (Lipinski definition) is 1. The molecule has 2 aromatic heterocycles. The van der Waals surface area contributed by atoms with Crippen molar-refractivity contribution in [3.8, 4) is 0 Å². The first-order chi connectivity index (χ1) is 9.66. The molecule has 0 bridgehead atoms. The summed E-state index contributed by atoms with van der Waals surface area (Å²) < 4.78 is 0. The molecule has 4 nitrogen and oxygen atoms in total. The van der Waals surface area contributed by atoms with Gasteiger partial charge in [0.25, 0.3) is 0 Å². The summed E-state index contributed by atoms with van der Waals surface area (Å²) in [6.07, 6.45) is 5.49. The van der Waals surface area contributed by atoms with E-state index < -0.39 is 0 Å². The largest absolute Gasteiger partial charge is 0.355 e. The molecule has 106 valence electrons. The van der Waals surface area contributed by atoms with Crippen molar-refractivity contribution in [2.75, 3.05) is 11.9 Å². The Labute approximate surface area is 120 Å². The van der Waals surface area contributed by atoms with Gasteiger partial charge in [-0.15, -0.1) is 0 Å². The third-order valence-electron chi connectivity index (χ3n) is 3.10. The van der Waals surface area contributed by atoms with E-state index in [1.54, 1.807) is 0 Å². The van der Waals surface area contributed by atoms with Crippen LogP contribution in [-0.2, 0) is 13.1 Å². The van der Waals surface area contributed by atoms with Crippen LogP contribution in [0.5, 0.6) is 0 Å². The molecule has 0 aliphatic heterocycles. The SMILES string of the molecule is CC(C)NCc1cccnc1N(C)Cc1ccncc1. The minimum atomic E-state index is 0.466. The Kier molecular flexibility index (Phi) is 5.07. The third kappa shape index (κ3) is 4.03. The van der Waals surface area contributed by atoms with Crippen LogP contribution in [0.25, 0.3) is 0 Å². The lowest BCUT2D eigenvalue weighted by atomic mass is 10.2. The highest BCUT2D eigenvalue weighted by molar-refractivity contribution is 5.46. The maximum absolute atomic E-state index is 4.52. The zero-order valence-electron chi connectivity index (χ0n) is 12.4. The van der Waals surface area contributed by atoms with Gasteiger partial charge in [0.05, 0.1) is 0 Å². The van der Waals surface area contributed by atoms with Crippen molar-refractivity contribution in [2.45, 2.75) is 33.0 Å². The Morgan fingerprint density at radius 1 is 1.15 bits per heavy atom. The number of anilines is 1. The fraction of sp³-hybridized carbons (Fsp3) is 0.375. The molecule has 0 aromatic carbocycles. The van der Waals surface area contributed by atoms with Gasteiger partial charge in [0.2, 0.25) is 0 Å². The molecular weight excluding hydrogens is 248 g/mol. The Hall–Kier alpha value is -1.94. The average molecular weight is 270 g/mol. The Bertz CT molecular complexity index is 525. The van der Waals surface area contributed by atoms with Gasteiger partial charge in [-0.05, 0) is 23.8 Å². The van der Waals surface area contributed by atoms with Gasteiger partial charge in [-0.3, -0.25) is 4.98 Å². The van der Waals surface area contributed by atoms with Crippen molar-refractivity contribution in [1.82, 2.24) is 15.3 Å². The van der Waals surface area contributed by atoms with Crippen molar-refractivity contribution in [1.29, 1.82) is 0 Å². The van der Waals surface area contributed by atoms with Gasteiger partial charge in [-0.1, -0.05) is 19.9 Å². The third-order valence-corrected chi connectivity index (χ3v) is 3.10. The molecule has 0 amide bonds. The van der Waals surface area contributed by atoms with Gasteiger partial charge >= 0.3 is 0 Å². The highest BCUT2D eigenvalue weighted by atomic mass is 15.2. The lowest BCUT2D eigenvalue weighted by molar-refractivity contribution is 0.587. The number of aromatic nitrogens is 2. The van der Waals surface area contributed by atoms with Crippen LogP contribution in [-0.4, -0.2) is 23.1 Å². The zero-order chi connectivity index (χ0) is 14.4. The van der Waals surface area contributed by atoms with E-state index in [2.05, 4.69) is 47.1 Å². The molecule has 0 unspecified atom stereocenters. The summed E-state index contributed by atoms with van der Waals surface area (Å²) in [5.74, 6) is 1.03. The molecule has 0 atom stereocenters. The van der Waals surface area contributed by atoms with Gasteiger partial charge in [0, 0.05) is 50.3 Å². The van der Waals surface area contributed by atoms with E-state index in [4.69, 9.17) is 0 Å². The number of pyridine rings is 2. The molecule has 0 fully saturated rings. The van der Waals surface area contributed by atoms with E-state index >= 15 is 0 Å². The van der Waals surface area contributed by atoms with Crippen LogP contribution in [0, 0.1) is 0 Å². The van der Waals surface area contributed by atoms with Crippen molar-refractivity contribution >= 4 is 5.82 Å². The van der Waals surface area contributed by atoms with Gasteiger partial charge in [0.1, 0.15) is 5.82 Å². The van der Waals surface area contributed by atoms with Gasteiger partial charge in [-0.25, -0.2) is 4.98 Å². The first kappa shape index (κ1) is 14.5. The van der Waals surface area contributed by atoms with Crippen LogP contribution < -0.4 is 10.2 Å². The lowest BCUT2D eigenvalue weighted by Gasteiger charge is -2.21. The van der Waals surface area contributed by atoms with Gasteiger partial charge in [0.15, 0.2) is 0 Å². The van der Waals surface area contributed by atoms with Crippen LogP contribution >= 0.6 is 0 Å². The highest BCUT2D eigenvalue weighted by Crippen LogP contribution is 2.17. The maximum Gasteiger partial charge on any atom is 0.133 e. The summed E-state index contributed by atoms with van der Waals surface area (Å²) in [4.78, 5) is 10.7. The van der Waals surface area contributed by atoms with E-state index in [1.807, 2.05) is 36.8 Å². The maximum atomic E-state index is 4.52. The first-order valence-electron chi connectivity index (χ1n) is 6.94. The Balaban J connectivity index is 2.11. The minimum absolute atomic E-state index is 0.466. The molecule has 2 heterocycles. The van der Waals surface area contributed by atoms with E-state index in [0.29, 0.717) is 6.04 Å². The number of nitrogens with zero attached hydrogens (tertiary/aromatic N) is 3. The van der Waals surface area contributed by atoms with Crippen molar-refractivity contribution in [3.05, 3.63) is 54.0 Å². The second-order valence-corrected chi connectivity index (χ2v) is 5.23. The summed E-state index contributed by atoms with van der Waals surface area (Å²) in [5.41, 5.74) is 2.45. The predicted octanol–water partition coefficient (Wildman–Crippen LogP) is 2.61. The van der Waals surface area contributed by atoms with Gasteiger partial charge in [-0.2, -0.15) is 0 Å². The van der Waals surface area contributed by atoms with E-state index in [1.165, 1.54) is 11.1 Å². The van der Waals surface area contributed by atoms with Crippen molar-refractivity contribution in [2.24, 2.45) is 0 Å². The summed E-state index contributed by atoms with van der Waals surface area (Å²) >= 11 is 0. The normalized spacial score (nSPS) is 10.8. The molecular formula is C16H22N4. The molecule has 2 aromatic rings. The number of rotatable bonds is 6. The van der Waals surface area contributed by atoms with Crippen molar-refractivity contribution < 1.29 is 0 Å². The molecule has 0 radical (unpaired) electrons. The minimum Gasteiger partial charge on any atom is -0.355 e. The monoisotopic (exact) mass is 270 g/mol. The quantitative estimate of drug-likeness (QED) is 0.876. The lowest BCUT2D eigenvalue weighted by Crippen LogP contribution is -2.25. The van der Waals surface area contributed by atoms with Gasteiger partial charge < -0.3 is 10.2 Å². The number of hydrogen-bond acceptors (Lipinski definition) is 4. The van der Waals surface area contributed by atoms with E-state index in [-0.39, 0.29) is 0 Å². The van der Waals surface area contributed by atoms with Crippen LogP contribution in [0.1, 0.15) is 25.0 Å². The van der Waals surface area contributed by atoms with Crippen LogP contribution in [0.4, 0.5) is 5.82 Å². The fourth-order valence-electron chi connectivity index (χ4n) is 2.06. The van der Waals surface area contributed by atoms with Crippen LogP contribution in [0.2, 0.25) is 0 Å². The second-order valence-electron chi connectivity index (χ2n) is 5.23. The van der Waals surface area contributed by atoms with Crippen molar-refractivity contribution in [3.63, 3.8) is 0 Å². The number of nitrogens with one attached hydrogen (secondary N) is 1. The zero-order valence-corrected chi connectivity index (χ0v) is 12.4. The van der Waals surface area contributed by atoms with Crippen LogP contribution in [0.3, 0.4) is 0 Å². The molecule has 4 heteroatoms. The second kappa shape index (κ2) is 7.01. The predicted molar refractivity (Wildman–Crippen MR) is 82.6 cm³/mol. The Morgan fingerprint density at radius 2 is 1.90 bits per heavy atom. The molecule has 0 spiro atoms. The Morgan fingerprint density at radius 3 is 2.60 bits per heavy atom. The first-order valence-corrected chi connectivity index (χ1v) is 6.94. The van der Waals surface area contributed by atoms with E-state index in [9.17, 15) is 0 Å². The van der Waals surface area contributed by atoms with Crippen LogP contribution in [0.15, 0.2) is 42.9 Å². The topological polar surface area (TPSA) is 41.1 Å². The molecule has 0 saturated heterocycles. The summed E-state index contributed by atoms with van der Waals surface area (Å²) in [7, 11) is 2.07. The summed E-state index contributed by atoms with van der Waals surface area (Å²) in [6.45, 7) is 5.96. The highest BCUT2D eigenvalue weighted by Gasteiger charge is 2.09. The standard InChI is InChI=1S/C16H22N4/c1-13(2)19-11-15-5-4-8-18-16(15)20(3)12-14-6-9-17-10-7-14/h4-10,13,19H,11-12H2,1-3H3. The average Bonchev–Trinajstić information content (AvgIpc) is 2.46. The van der Waals surface area contributed by atoms with E-state index in [0.717, 1.165) is 18.9 Å². The summed E-state index contributed by atoms with van der Waals surface area (Å²) in [5, 5.41) is 3.44. The smallest absolute Gasteiger partial charge is 0.133 e. The summed E-state index contributed by atoms with van der Waals surface area (Å²) in [6, 6.07) is 8.65. The molecule has 0 saturated carbocycles. The molecule has 20 heavy (non-hydrogen) atoms. The molecule has 1 N–H and O–H groups in total.